The van der Waals surface area contributed by atoms with E-state index < -0.39 is 21.5 Å². The molecule has 0 bridgehead atoms. The van der Waals surface area contributed by atoms with Crippen molar-refractivity contribution in [3.8, 4) is 5.75 Å². The van der Waals surface area contributed by atoms with Crippen molar-refractivity contribution in [1.82, 2.24) is 9.47 Å². The fraction of sp³-hybridized carbons (Fsp3) is 0.385. The van der Waals surface area contributed by atoms with Crippen LogP contribution in [0.25, 0.3) is 10.9 Å². The summed E-state index contributed by atoms with van der Waals surface area (Å²) in [6, 6.07) is 13.7. The number of para-hydroxylation sites is 1. The number of aromatic nitrogens is 1. The van der Waals surface area contributed by atoms with E-state index in [1.54, 1.807) is 58.0 Å². The number of hydrogen-bond donors (Lipinski definition) is 1. The molecule has 2 amide bonds. The molecule has 1 aromatic heterocycles. The van der Waals surface area contributed by atoms with E-state index in [2.05, 4.69) is 5.32 Å². The van der Waals surface area contributed by atoms with Gasteiger partial charge in [0.2, 0.25) is 11.8 Å². The van der Waals surface area contributed by atoms with Crippen LogP contribution >= 0.6 is 0 Å². The summed E-state index contributed by atoms with van der Waals surface area (Å²) in [5, 5.41) is 3.10. The second kappa shape index (κ2) is 10.7. The van der Waals surface area contributed by atoms with E-state index in [1.807, 2.05) is 20.8 Å². The molecule has 0 spiro atoms. The number of carbonyl (C=O) groups is 2. The van der Waals surface area contributed by atoms with Crippen molar-refractivity contribution >= 4 is 38.2 Å². The molecule has 36 heavy (non-hydrogen) atoms. The summed E-state index contributed by atoms with van der Waals surface area (Å²) in [4.78, 5) is 27.4. The van der Waals surface area contributed by atoms with Gasteiger partial charge in [-0.2, -0.15) is 0 Å². The van der Waals surface area contributed by atoms with Crippen LogP contribution in [-0.4, -0.2) is 67.4 Å². The number of rotatable bonds is 8. The van der Waals surface area contributed by atoms with Crippen LogP contribution in [-0.2, 0) is 30.7 Å². The molecule has 1 aliphatic rings. The van der Waals surface area contributed by atoms with E-state index in [1.165, 1.54) is 6.20 Å². The molecule has 1 aliphatic heterocycles. The van der Waals surface area contributed by atoms with Gasteiger partial charge >= 0.3 is 0 Å². The minimum absolute atomic E-state index is 0.00610. The van der Waals surface area contributed by atoms with E-state index in [9.17, 15) is 18.0 Å². The molecule has 10 heteroatoms. The van der Waals surface area contributed by atoms with Crippen molar-refractivity contribution in [2.75, 3.05) is 30.8 Å². The zero-order valence-electron chi connectivity index (χ0n) is 20.6. The number of anilines is 1. The van der Waals surface area contributed by atoms with E-state index in [0.29, 0.717) is 42.0 Å². The molecule has 0 aliphatic carbocycles. The lowest BCUT2D eigenvalue weighted by Crippen LogP contribution is -2.49. The number of amides is 2. The zero-order valence-corrected chi connectivity index (χ0v) is 21.5. The van der Waals surface area contributed by atoms with Gasteiger partial charge in [-0.1, -0.05) is 18.2 Å². The average Bonchev–Trinajstić information content (AvgIpc) is 3.19. The van der Waals surface area contributed by atoms with Gasteiger partial charge in [0.05, 0.1) is 23.7 Å². The summed E-state index contributed by atoms with van der Waals surface area (Å²) in [5.74, 6) is -0.828. The Morgan fingerprint density at radius 1 is 1.06 bits per heavy atom. The Hall–Kier alpha value is -3.37. The number of carbonyl (C=O) groups excluding carboxylic acids is 2. The van der Waals surface area contributed by atoms with E-state index in [4.69, 9.17) is 9.47 Å². The Morgan fingerprint density at radius 2 is 1.72 bits per heavy atom. The summed E-state index contributed by atoms with van der Waals surface area (Å²) in [5.41, 5.74) is 1.09. The first kappa shape index (κ1) is 25.7. The minimum atomic E-state index is -3.98. The predicted molar refractivity (Wildman–Crippen MR) is 137 cm³/mol. The molecule has 0 saturated carbocycles. The van der Waals surface area contributed by atoms with Gasteiger partial charge in [0.15, 0.2) is 9.84 Å². The fourth-order valence-electron chi connectivity index (χ4n) is 4.47. The number of morpholine rings is 1. The molecule has 9 nitrogen and oxygen atoms in total. The van der Waals surface area contributed by atoms with Gasteiger partial charge in [-0.3, -0.25) is 9.59 Å². The van der Waals surface area contributed by atoms with Crippen LogP contribution in [0.2, 0.25) is 0 Å². The maximum Gasteiger partial charge on any atom is 0.242 e. The Morgan fingerprint density at radius 3 is 2.39 bits per heavy atom. The second-order valence-corrected chi connectivity index (χ2v) is 10.9. The smallest absolute Gasteiger partial charge is 0.242 e. The van der Waals surface area contributed by atoms with Crippen LogP contribution < -0.4 is 10.1 Å². The van der Waals surface area contributed by atoms with Gasteiger partial charge in [0.25, 0.3) is 0 Å². The molecular weight excluding hydrogens is 482 g/mol. The van der Waals surface area contributed by atoms with Crippen LogP contribution in [0.1, 0.15) is 20.8 Å². The molecule has 4 rings (SSSR count). The fourth-order valence-corrected chi connectivity index (χ4v) is 5.84. The quantitative estimate of drug-likeness (QED) is 0.496. The number of benzene rings is 2. The lowest BCUT2D eigenvalue weighted by atomic mass is 10.2. The molecule has 1 N–H and O–H groups in total. The Labute approximate surface area is 210 Å². The highest BCUT2D eigenvalue weighted by Gasteiger charge is 2.28. The highest BCUT2D eigenvalue weighted by molar-refractivity contribution is 7.92. The molecule has 1 fully saturated rings. The molecule has 2 atom stereocenters. The van der Waals surface area contributed by atoms with Crippen LogP contribution in [0.3, 0.4) is 0 Å². The van der Waals surface area contributed by atoms with Crippen molar-refractivity contribution in [3.63, 3.8) is 0 Å². The van der Waals surface area contributed by atoms with Crippen LogP contribution in [0.5, 0.6) is 5.75 Å². The second-order valence-electron chi connectivity index (χ2n) is 8.96. The molecule has 0 radical (unpaired) electrons. The summed E-state index contributed by atoms with van der Waals surface area (Å²) in [7, 11) is -3.98. The maximum absolute atomic E-state index is 13.3. The standard InChI is InChI=1S/C26H31N3O6S/c1-4-34-21-11-9-20(10-12-21)27-25(30)17-36(32,33)24-15-28(23-8-6-5-7-22(23)24)16-26(31)29-13-18(2)35-19(3)14-29/h5-12,15,18-19H,4,13-14,16-17H2,1-3H3,(H,27,30). The van der Waals surface area contributed by atoms with Crippen LogP contribution in [0.4, 0.5) is 5.69 Å². The number of nitrogens with zero attached hydrogens (tertiary/aromatic N) is 2. The number of ether oxygens (including phenoxy) is 2. The molecule has 2 heterocycles. The third kappa shape index (κ3) is 5.88. The first-order valence-corrected chi connectivity index (χ1v) is 13.6. The van der Waals surface area contributed by atoms with Crippen molar-refractivity contribution < 1.29 is 27.5 Å². The summed E-state index contributed by atoms with van der Waals surface area (Å²) in [6.07, 6.45) is 1.32. The molecule has 3 aromatic rings. The first-order chi connectivity index (χ1) is 17.2. The third-order valence-corrected chi connectivity index (χ3v) is 7.57. The molecule has 2 aromatic carbocycles. The third-order valence-electron chi connectivity index (χ3n) is 5.94. The highest BCUT2D eigenvalue weighted by Crippen LogP contribution is 2.27. The average molecular weight is 514 g/mol. The van der Waals surface area contributed by atoms with Gasteiger partial charge in [0, 0.05) is 35.9 Å². The molecular formula is C26H31N3O6S. The van der Waals surface area contributed by atoms with Gasteiger partial charge in [-0.25, -0.2) is 8.42 Å². The topological polar surface area (TPSA) is 107 Å². The molecule has 1 saturated heterocycles. The summed E-state index contributed by atoms with van der Waals surface area (Å²) in [6.45, 7) is 7.20. The molecule has 192 valence electrons. The number of hydrogen-bond acceptors (Lipinski definition) is 6. The summed E-state index contributed by atoms with van der Waals surface area (Å²) >= 11 is 0. The van der Waals surface area contributed by atoms with E-state index in [-0.39, 0.29) is 29.6 Å². The minimum Gasteiger partial charge on any atom is -0.494 e. The molecule has 2 unspecified atom stereocenters. The summed E-state index contributed by atoms with van der Waals surface area (Å²) < 4.78 is 39.3. The number of sulfone groups is 1. The largest absolute Gasteiger partial charge is 0.494 e. The predicted octanol–water partition coefficient (Wildman–Crippen LogP) is 3.09. The van der Waals surface area contributed by atoms with Crippen molar-refractivity contribution in [3.05, 3.63) is 54.7 Å². The van der Waals surface area contributed by atoms with E-state index in [0.717, 1.165) is 0 Å². The Balaban J connectivity index is 1.52. The van der Waals surface area contributed by atoms with Gasteiger partial charge < -0.3 is 24.3 Å². The highest BCUT2D eigenvalue weighted by atomic mass is 32.2. The number of fused-ring (bicyclic) bond motifs is 1. The van der Waals surface area contributed by atoms with Crippen molar-refractivity contribution in [2.24, 2.45) is 0 Å². The first-order valence-electron chi connectivity index (χ1n) is 11.9. The SMILES string of the molecule is CCOc1ccc(NC(=O)CS(=O)(=O)c2cn(CC(=O)N3CC(C)OC(C)C3)c3ccccc23)cc1. The van der Waals surface area contributed by atoms with E-state index >= 15 is 0 Å². The van der Waals surface area contributed by atoms with Crippen LogP contribution in [0, 0.1) is 0 Å². The maximum atomic E-state index is 13.3. The number of nitrogens with one attached hydrogen (secondary N) is 1. The van der Waals surface area contributed by atoms with Crippen LogP contribution in [0.15, 0.2) is 59.6 Å². The van der Waals surface area contributed by atoms with Gasteiger partial charge in [-0.15, -0.1) is 0 Å². The normalized spacial score (nSPS) is 18.2. The lowest BCUT2D eigenvalue weighted by Gasteiger charge is -2.35. The van der Waals surface area contributed by atoms with Crippen molar-refractivity contribution in [1.29, 1.82) is 0 Å². The van der Waals surface area contributed by atoms with Gasteiger partial charge in [0.1, 0.15) is 18.0 Å². The Kier molecular flexibility index (Phi) is 7.65. The zero-order chi connectivity index (χ0) is 25.9. The van der Waals surface area contributed by atoms with Crippen molar-refractivity contribution in [2.45, 2.75) is 44.4 Å². The monoisotopic (exact) mass is 513 g/mol. The Bertz CT molecular complexity index is 1340. The lowest BCUT2D eigenvalue weighted by molar-refractivity contribution is -0.143. The van der Waals surface area contributed by atoms with Gasteiger partial charge in [-0.05, 0) is 51.1 Å².